The predicted octanol–water partition coefficient (Wildman–Crippen LogP) is 7.37. The van der Waals surface area contributed by atoms with Gasteiger partial charge in [0.25, 0.3) is 0 Å². The molecule has 228 valence electrons. The van der Waals surface area contributed by atoms with Crippen LogP contribution in [-0.2, 0) is 10.2 Å². The van der Waals surface area contributed by atoms with Crippen LogP contribution in [0.3, 0.4) is 0 Å². The third kappa shape index (κ3) is 7.12. The number of halogens is 1. The molecule has 0 atom stereocenters. The highest BCUT2D eigenvalue weighted by molar-refractivity contribution is 6.31. The Hall–Kier alpha value is -4.20. The SMILES string of the molecule is COc1ccc2nc(Cl)c(/C=C/C3=[N+](CCCCCC(=O)NCCN)c4ccc(Nc5ccccc5)cc4C3(C)C)cc2c1. The van der Waals surface area contributed by atoms with Crippen molar-refractivity contribution in [2.24, 2.45) is 5.73 Å². The molecule has 1 amide bonds. The molecule has 1 aromatic heterocycles. The van der Waals surface area contributed by atoms with E-state index >= 15 is 0 Å². The molecule has 0 spiro atoms. The van der Waals surface area contributed by atoms with Gasteiger partial charge in [-0.2, -0.15) is 4.58 Å². The third-order valence-electron chi connectivity index (χ3n) is 8.13. The van der Waals surface area contributed by atoms with E-state index in [2.05, 4.69) is 82.6 Å². The van der Waals surface area contributed by atoms with E-state index in [1.54, 1.807) is 7.11 Å². The summed E-state index contributed by atoms with van der Waals surface area (Å²) < 4.78 is 7.84. The number of rotatable bonds is 13. The summed E-state index contributed by atoms with van der Waals surface area (Å²) in [7, 11) is 1.66. The van der Waals surface area contributed by atoms with Gasteiger partial charge in [-0.05, 0) is 81.3 Å². The molecule has 7 nitrogen and oxygen atoms in total. The van der Waals surface area contributed by atoms with Crippen molar-refractivity contribution in [3.63, 3.8) is 0 Å². The fraction of sp³-hybridized carbons (Fsp3) is 0.306. The lowest BCUT2D eigenvalue weighted by Crippen LogP contribution is -2.28. The van der Waals surface area contributed by atoms with Crippen LogP contribution < -0.4 is 21.1 Å². The van der Waals surface area contributed by atoms with Crippen molar-refractivity contribution in [1.29, 1.82) is 0 Å². The Bertz CT molecular complexity index is 1700. The zero-order valence-corrected chi connectivity index (χ0v) is 26.5. The smallest absolute Gasteiger partial charge is 0.220 e. The van der Waals surface area contributed by atoms with Crippen LogP contribution in [0.5, 0.6) is 5.75 Å². The summed E-state index contributed by atoms with van der Waals surface area (Å²) in [4.78, 5) is 16.7. The average molecular weight is 611 g/mol. The molecular formula is C36H41ClN5O2+. The van der Waals surface area contributed by atoms with Crippen molar-refractivity contribution in [3.8, 4) is 5.75 Å². The Morgan fingerprint density at radius 2 is 1.82 bits per heavy atom. The molecule has 2 heterocycles. The molecule has 0 fully saturated rings. The van der Waals surface area contributed by atoms with E-state index in [1.807, 2.05) is 36.4 Å². The van der Waals surface area contributed by atoms with Gasteiger partial charge in [-0.3, -0.25) is 4.79 Å². The highest BCUT2D eigenvalue weighted by atomic mass is 35.5. The number of aromatic nitrogens is 1. The number of nitrogens with one attached hydrogen (secondary N) is 2. The number of benzene rings is 3. The van der Waals surface area contributed by atoms with Crippen LogP contribution in [0.2, 0.25) is 5.15 Å². The number of nitrogens with two attached hydrogens (primary N) is 1. The highest BCUT2D eigenvalue weighted by Gasteiger charge is 2.44. The average Bonchev–Trinajstić information content (AvgIpc) is 3.23. The number of ether oxygens (including phenoxy) is 1. The Labute approximate surface area is 264 Å². The zero-order valence-electron chi connectivity index (χ0n) is 25.7. The number of anilines is 2. The van der Waals surface area contributed by atoms with Crippen molar-refractivity contribution >= 4 is 57.3 Å². The molecule has 0 aliphatic carbocycles. The fourth-order valence-electron chi connectivity index (χ4n) is 5.77. The van der Waals surface area contributed by atoms with Gasteiger partial charge >= 0.3 is 0 Å². The lowest BCUT2D eigenvalue weighted by atomic mass is 9.81. The van der Waals surface area contributed by atoms with Gasteiger partial charge < -0.3 is 21.1 Å². The number of methoxy groups -OCH3 is 1. The molecule has 0 saturated heterocycles. The summed E-state index contributed by atoms with van der Waals surface area (Å²) >= 11 is 6.67. The number of pyridine rings is 1. The number of nitrogens with zero attached hydrogens (tertiary/aromatic N) is 2. The number of carbonyl (C=O) groups excluding carboxylic acids is 1. The maximum absolute atomic E-state index is 12.0. The molecule has 0 saturated carbocycles. The van der Waals surface area contributed by atoms with E-state index < -0.39 is 0 Å². The Morgan fingerprint density at radius 1 is 1.00 bits per heavy atom. The number of hydrogen-bond donors (Lipinski definition) is 3. The van der Waals surface area contributed by atoms with Crippen LogP contribution in [0, 0.1) is 0 Å². The van der Waals surface area contributed by atoms with Gasteiger partial charge in [-0.1, -0.05) is 29.8 Å². The first-order chi connectivity index (χ1) is 21.3. The number of hydrogen-bond acceptors (Lipinski definition) is 5. The van der Waals surface area contributed by atoms with Gasteiger partial charge in [0, 0.05) is 66.0 Å². The molecule has 44 heavy (non-hydrogen) atoms. The van der Waals surface area contributed by atoms with Crippen LogP contribution in [0.1, 0.15) is 50.7 Å². The first-order valence-electron chi connectivity index (χ1n) is 15.2. The molecule has 3 aromatic carbocycles. The second kappa shape index (κ2) is 14.1. The van der Waals surface area contributed by atoms with Crippen molar-refractivity contribution in [2.45, 2.75) is 44.9 Å². The minimum absolute atomic E-state index is 0.0650. The summed E-state index contributed by atoms with van der Waals surface area (Å²) in [5.74, 6) is 0.844. The number of carbonyl (C=O) groups is 1. The second-order valence-corrected chi connectivity index (χ2v) is 12.0. The van der Waals surface area contributed by atoms with Gasteiger partial charge in [0.2, 0.25) is 11.6 Å². The minimum atomic E-state index is -0.262. The molecule has 1 aliphatic rings. The predicted molar refractivity (Wildman–Crippen MR) is 182 cm³/mol. The number of para-hydroxylation sites is 1. The lowest BCUT2D eigenvalue weighted by molar-refractivity contribution is -0.438. The molecule has 0 radical (unpaired) electrons. The van der Waals surface area contributed by atoms with Crippen LogP contribution >= 0.6 is 11.6 Å². The van der Waals surface area contributed by atoms with E-state index in [0.717, 1.165) is 59.4 Å². The number of allylic oxidation sites excluding steroid dienone is 1. The quantitative estimate of drug-likeness (QED) is 0.0835. The monoisotopic (exact) mass is 610 g/mol. The fourth-order valence-corrected chi connectivity index (χ4v) is 5.98. The van der Waals surface area contributed by atoms with E-state index in [4.69, 9.17) is 22.1 Å². The van der Waals surface area contributed by atoms with Gasteiger partial charge in [-0.15, -0.1) is 0 Å². The lowest BCUT2D eigenvalue weighted by Gasteiger charge is -2.17. The maximum atomic E-state index is 12.0. The first kappa shape index (κ1) is 31.2. The highest BCUT2D eigenvalue weighted by Crippen LogP contribution is 2.42. The van der Waals surface area contributed by atoms with Crippen molar-refractivity contribution in [2.75, 3.05) is 32.1 Å². The molecule has 5 rings (SSSR count). The molecule has 4 aromatic rings. The Balaban J connectivity index is 1.44. The number of fused-ring (bicyclic) bond motifs is 2. The standard InChI is InChI=1S/C36H40ClN5O2/c1-36(2)30-24-28(40-27-10-6-4-7-11-27)14-17-32(30)42(21-9-5-8-12-34(43)39-20-19-38)33(36)18-13-25-22-26-23-29(44-3)15-16-31(26)41-35(25)37/h4,6-7,10-11,13-18,22-24,40H,5,8-9,12,19-21,38H2,1-3H3/p+1. The van der Waals surface area contributed by atoms with Crippen LogP contribution in [-0.4, -0.2) is 47.9 Å². The van der Waals surface area contributed by atoms with Crippen LogP contribution in [0.4, 0.5) is 17.1 Å². The summed E-state index contributed by atoms with van der Waals surface area (Å²) in [5, 5.41) is 7.83. The normalized spacial score (nSPS) is 13.8. The minimum Gasteiger partial charge on any atom is -0.497 e. The van der Waals surface area contributed by atoms with Crippen LogP contribution in [0.25, 0.3) is 17.0 Å². The molecule has 0 bridgehead atoms. The van der Waals surface area contributed by atoms with E-state index in [0.29, 0.717) is 24.7 Å². The zero-order chi connectivity index (χ0) is 31.1. The Morgan fingerprint density at radius 3 is 2.59 bits per heavy atom. The Kier molecular flexibility index (Phi) is 9.98. The van der Waals surface area contributed by atoms with E-state index in [1.165, 1.54) is 17.0 Å². The molecule has 0 unspecified atom stereocenters. The second-order valence-electron chi connectivity index (χ2n) is 11.6. The molecule has 8 heteroatoms. The third-order valence-corrected chi connectivity index (χ3v) is 8.43. The van der Waals surface area contributed by atoms with Gasteiger partial charge in [0.1, 0.15) is 17.4 Å². The molecule has 4 N–H and O–H groups in total. The summed E-state index contributed by atoms with van der Waals surface area (Å²) in [6, 6.07) is 24.7. The van der Waals surface area contributed by atoms with Gasteiger partial charge in [0.05, 0.1) is 18.0 Å². The van der Waals surface area contributed by atoms with Crippen LogP contribution in [0.15, 0.2) is 78.9 Å². The summed E-state index contributed by atoms with van der Waals surface area (Å²) in [5.41, 5.74) is 12.7. The summed E-state index contributed by atoms with van der Waals surface area (Å²) in [6.07, 6.45) is 7.52. The summed E-state index contributed by atoms with van der Waals surface area (Å²) in [6.45, 7) is 6.36. The molecular weight excluding hydrogens is 570 g/mol. The van der Waals surface area contributed by atoms with Gasteiger partial charge in [-0.25, -0.2) is 4.98 Å². The number of amides is 1. The maximum Gasteiger partial charge on any atom is 0.220 e. The van der Waals surface area contributed by atoms with Crippen molar-refractivity contribution in [3.05, 3.63) is 95.2 Å². The topological polar surface area (TPSA) is 92.3 Å². The van der Waals surface area contributed by atoms with Crippen molar-refractivity contribution in [1.82, 2.24) is 10.3 Å². The van der Waals surface area contributed by atoms with E-state index in [9.17, 15) is 4.79 Å². The molecule has 1 aliphatic heterocycles. The van der Waals surface area contributed by atoms with Gasteiger partial charge in [0.15, 0.2) is 5.71 Å². The first-order valence-corrected chi connectivity index (χ1v) is 15.6. The van der Waals surface area contributed by atoms with E-state index in [-0.39, 0.29) is 11.3 Å². The number of unbranched alkanes of at least 4 members (excludes halogenated alkanes) is 2. The van der Waals surface area contributed by atoms with Crippen molar-refractivity contribution < 1.29 is 14.1 Å². The largest absolute Gasteiger partial charge is 0.497 e.